The third-order valence-corrected chi connectivity index (χ3v) is 5.78. The first-order valence-electron chi connectivity index (χ1n) is 8.18. The Balaban J connectivity index is 1.99. The summed E-state index contributed by atoms with van der Waals surface area (Å²) in [7, 11) is 0.710. The molecule has 0 aromatic heterocycles. The molecule has 3 rings (SSSR count). The van der Waals surface area contributed by atoms with E-state index in [0.29, 0.717) is 23.7 Å². The molecule has 0 radical (unpaired) electrons. The van der Waals surface area contributed by atoms with Crippen molar-refractivity contribution in [3.05, 3.63) is 35.6 Å². The number of hydrogen-bond donors (Lipinski definition) is 2. The molecule has 1 fully saturated rings. The van der Waals surface area contributed by atoms with Gasteiger partial charge in [0, 0.05) is 17.9 Å². The zero-order valence-electron chi connectivity index (χ0n) is 14.6. The number of allylic oxidation sites excluding steroid dienone is 1. The predicted molar refractivity (Wildman–Crippen MR) is 92.7 cm³/mol. The van der Waals surface area contributed by atoms with Crippen molar-refractivity contribution in [1.29, 1.82) is 0 Å². The van der Waals surface area contributed by atoms with Crippen molar-refractivity contribution in [1.82, 2.24) is 4.90 Å². The average Bonchev–Trinajstić information content (AvgIpc) is 2.91. The predicted octanol–water partition coefficient (Wildman–Crippen LogP) is 2.43. The van der Waals surface area contributed by atoms with Gasteiger partial charge in [-0.3, -0.25) is 14.7 Å². The summed E-state index contributed by atoms with van der Waals surface area (Å²) in [4.78, 5) is 20.4. The van der Waals surface area contributed by atoms with E-state index in [1.165, 1.54) is 0 Å². The van der Waals surface area contributed by atoms with Crippen LogP contribution in [0.4, 0.5) is 0 Å². The number of benzene rings is 1. The minimum atomic E-state index is -4.53. The van der Waals surface area contributed by atoms with Crippen LogP contribution in [0.25, 0.3) is 0 Å². The Morgan fingerprint density at radius 1 is 1.20 bits per heavy atom. The number of fused-ring (bicyclic) bond motifs is 1. The third kappa shape index (κ3) is 3.42. The van der Waals surface area contributed by atoms with E-state index >= 15 is 0 Å². The maximum atomic E-state index is 11.2. The van der Waals surface area contributed by atoms with Crippen LogP contribution in [0, 0.1) is 0 Å². The van der Waals surface area contributed by atoms with Gasteiger partial charge < -0.3 is 14.0 Å². The molecule has 1 aliphatic carbocycles. The minimum absolute atomic E-state index is 0.0147. The lowest BCUT2D eigenvalue weighted by Gasteiger charge is -2.40. The van der Waals surface area contributed by atoms with Gasteiger partial charge in [-0.15, -0.1) is 0 Å². The van der Waals surface area contributed by atoms with Crippen LogP contribution in [0.15, 0.2) is 30.0 Å². The number of likely N-dealkylation sites (tertiary alicyclic amines) is 1. The Morgan fingerprint density at radius 2 is 1.92 bits per heavy atom. The summed E-state index contributed by atoms with van der Waals surface area (Å²) in [5, 5.41) is 0. The third-order valence-electron chi connectivity index (χ3n) is 5.31. The van der Waals surface area contributed by atoms with Crippen LogP contribution in [0.1, 0.15) is 24.8 Å². The van der Waals surface area contributed by atoms with Crippen molar-refractivity contribution >= 4 is 7.82 Å². The lowest BCUT2D eigenvalue weighted by atomic mass is 9.68. The second-order valence-corrected chi connectivity index (χ2v) is 7.78. The number of rotatable bonds is 5. The molecule has 1 aromatic rings. The fourth-order valence-corrected chi connectivity index (χ4v) is 4.54. The molecule has 1 aromatic carbocycles. The van der Waals surface area contributed by atoms with Gasteiger partial charge in [-0.05, 0) is 50.2 Å². The molecule has 1 heterocycles. The molecular formula is C17H24NO6P. The standard InChI is InChI=1S/C17H24NO6P/c1-18-9-8-17(12-4-5-14(22-2)15(10-12)23-3)7-6-13(11-16(17)18)24-25(19,20)21/h4-5,10-11,16H,6-9H2,1-3H3,(H2,19,20,21)/t16-,17-/m0/s1. The Hall–Kier alpha value is -1.53. The van der Waals surface area contributed by atoms with Gasteiger partial charge in [0.2, 0.25) is 0 Å². The van der Waals surface area contributed by atoms with Crippen molar-refractivity contribution in [2.24, 2.45) is 0 Å². The zero-order chi connectivity index (χ0) is 18.2. The van der Waals surface area contributed by atoms with Crippen molar-refractivity contribution < 1.29 is 28.3 Å². The summed E-state index contributed by atoms with van der Waals surface area (Å²) >= 11 is 0. The molecular weight excluding hydrogens is 345 g/mol. The van der Waals surface area contributed by atoms with Gasteiger partial charge in [0.15, 0.2) is 11.5 Å². The molecule has 2 N–H and O–H groups in total. The van der Waals surface area contributed by atoms with Crippen LogP contribution >= 0.6 is 7.82 Å². The molecule has 1 aliphatic heterocycles. The topological polar surface area (TPSA) is 88.5 Å². The molecule has 138 valence electrons. The maximum absolute atomic E-state index is 11.2. The highest BCUT2D eigenvalue weighted by molar-refractivity contribution is 7.46. The summed E-state index contributed by atoms with van der Waals surface area (Å²) in [5.41, 5.74) is 1.02. The Bertz CT molecular complexity index is 730. The fraction of sp³-hybridized carbons (Fsp3) is 0.529. The number of methoxy groups -OCH3 is 2. The maximum Gasteiger partial charge on any atom is 0.524 e. The van der Waals surface area contributed by atoms with Crippen LogP contribution in [-0.2, 0) is 14.5 Å². The van der Waals surface area contributed by atoms with Crippen LogP contribution in [-0.4, -0.2) is 48.5 Å². The second-order valence-electron chi connectivity index (χ2n) is 6.62. The van der Waals surface area contributed by atoms with Crippen molar-refractivity contribution in [2.75, 3.05) is 27.8 Å². The lowest BCUT2D eigenvalue weighted by molar-refractivity contribution is 0.203. The molecule has 8 heteroatoms. The van der Waals surface area contributed by atoms with Crippen LogP contribution in [0.2, 0.25) is 0 Å². The Labute approximate surface area is 147 Å². The van der Waals surface area contributed by atoms with Crippen molar-refractivity contribution in [3.63, 3.8) is 0 Å². The monoisotopic (exact) mass is 369 g/mol. The van der Waals surface area contributed by atoms with E-state index < -0.39 is 7.82 Å². The molecule has 2 aliphatic rings. The number of ether oxygens (including phenoxy) is 2. The molecule has 1 saturated heterocycles. The van der Waals surface area contributed by atoms with E-state index in [2.05, 4.69) is 11.0 Å². The summed E-state index contributed by atoms with van der Waals surface area (Å²) < 4.78 is 26.8. The lowest BCUT2D eigenvalue weighted by Crippen LogP contribution is -2.42. The molecule has 7 nitrogen and oxygen atoms in total. The SMILES string of the molecule is COc1ccc([C@@]23CCC(OP(=O)(O)O)=C[C@@H]2N(C)CC3)cc1OC. The number of likely N-dealkylation sites (N-methyl/N-ethyl adjacent to an activating group) is 1. The molecule has 0 unspecified atom stereocenters. The highest BCUT2D eigenvalue weighted by atomic mass is 31.2. The Kier molecular flexibility index (Phi) is 4.86. The van der Waals surface area contributed by atoms with Gasteiger partial charge in [-0.1, -0.05) is 6.07 Å². The quantitative estimate of drug-likeness (QED) is 0.771. The normalized spacial score (nSPS) is 26.8. The van der Waals surface area contributed by atoms with E-state index in [0.717, 1.165) is 24.9 Å². The summed E-state index contributed by atoms with van der Waals surface area (Å²) in [6, 6.07) is 5.98. The summed E-state index contributed by atoms with van der Waals surface area (Å²) in [6.07, 6.45) is 4.06. The largest absolute Gasteiger partial charge is 0.524 e. The number of phosphoric ester groups is 1. The fourth-order valence-electron chi connectivity index (χ4n) is 4.08. The zero-order valence-corrected chi connectivity index (χ0v) is 15.5. The van der Waals surface area contributed by atoms with Gasteiger partial charge >= 0.3 is 7.82 Å². The molecule has 25 heavy (non-hydrogen) atoms. The van der Waals surface area contributed by atoms with Gasteiger partial charge in [0.25, 0.3) is 0 Å². The molecule has 0 spiro atoms. The Morgan fingerprint density at radius 3 is 2.56 bits per heavy atom. The summed E-state index contributed by atoms with van der Waals surface area (Å²) in [6.45, 7) is 0.901. The van der Waals surface area contributed by atoms with Crippen LogP contribution in [0.5, 0.6) is 11.5 Å². The second kappa shape index (κ2) is 6.65. The molecule has 0 saturated carbocycles. The van der Waals surface area contributed by atoms with Crippen molar-refractivity contribution in [3.8, 4) is 11.5 Å². The van der Waals surface area contributed by atoms with Gasteiger partial charge in [0.1, 0.15) is 5.76 Å². The summed E-state index contributed by atoms with van der Waals surface area (Å²) in [5.74, 6) is 1.73. The minimum Gasteiger partial charge on any atom is -0.493 e. The molecule has 0 amide bonds. The van der Waals surface area contributed by atoms with E-state index in [1.807, 2.05) is 25.3 Å². The van der Waals surface area contributed by atoms with Crippen molar-refractivity contribution in [2.45, 2.75) is 30.7 Å². The first kappa shape index (κ1) is 18.3. The molecule has 2 atom stereocenters. The van der Waals surface area contributed by atoms with Gasteiger partial charge in [-0.2, -0.15) is 0 Å². The average molecular weight is 369 g/mol. The number of nitrogens with zero attached hydrogens (tertiary/aromatic N) is 1. The highest BCUT2D eigenvalue weighted by Gasteiger charge is 2.49. The van der Waals surface area contributed by atoms with E-state index in [1.54, 1.807) is 14.2 Å². The smallest absolute Gasteiger partial charge is 0.493 e. The van der Waals surface area contributed by atoms with E-state index in [4.69, 9.17) is 23.8 Å². The van der Waals surface area contributed by atoms with Gasteiger partial charge in [0.05, 0.1) is 14.2 Å². The number of hydrogen-bond acceptors (Lipinski definition) is 5. The highest BCUT2D eigenvalue weighted by Crippen LogP contribution is 2.51. The first-order valence-corrected chi connectivity index (χ1v) is 9.71. The first-order chi connectivity index (χ1) is 11.8. The van der Waals surface area contributed by atoms with E-state index in [-0.39, 0.29) is 11.5 Å². The number of phosphoric acid groups is 1. The van der Waals surface area contributed by atoms with E-state index in [9.17, 15) is 4.57 Å². The van der Waals surface area contributed by atoms with Crippen LogP contribution < -0.4 is 9.47 Å². The van der Waals surface area contributed by atoms with Crippen LogP contribution in [0.3, 0.4) is 0 Å². The molecule has 0 bridgehead atoms. The van der Waals surface area contributed by atoms with Gasteiger partial charge in [-0.25, -0.2) is 4.57 Å².